The van der Waals surface area contributed by atoms with Crippen LogP contribution in [0.25, 0.3) is 0 Å². The van der Waals surface area contributed by atoms with E-state index in [9.17, 15) is 22.8 Å². The molecule has 2 amide bonds. The molecular weight excluding hydrogens is 277 g/mol. The van der Waals surface area contributed by atoms with E-state index in [2.05, 4.69) is 10.6 Å². The van der Waals surface area contributed by atoms with Crippen molar-refractivity contribution in [2.24, 2.45) is 0 Å². The molecule has 1 rings (SSSR count). The summed E-state index contributed by atoms with van der Waals surface area (Å²) in [7, 11) is 0. The number of carbonyl (C=O) groups is 2. The summed E-state index contributed by atoms with van der Waals surface area (Å²) in [5, 5.41) is 13.1. The van der Waals surface area contributed by atoms with Gasteiger partial charge in [-0.25, -0.2) is 9.59 Å². The van der Waals surface area contributed by atoms with Crippen LogP contribution in [0.2, 0.25) is 0 Å². The van der Waals surface area contributed by atoms with E-state index in [1.165, 1.54) is 6.07 Å². The average molecular weight is 290 g/mol. The molecule has 0 saturated carbocycles. The smallest absolute Gasteiger partial charge is 0.416 e. The quantitative estimate of drug-likeness (QED) is 0.797. The zero-order chi connectivity index (χ0) is 15.3. The van der Waals surface area contributed by atoms with Gasteiger partial charge in [0.2, 0.25) is 0 Å². The highest BCUT2D eigenvalue weighted by Gasteiger charge is 2.30. The number of hydrogen-bond donors (Lipinski definition) is 3. The van der Waals surface area contributed by atoms with Crippen molar-refractivity contribution in [2.45, 2.75) is 25.6 Å². The van der Waals surface area contributed by atoms with E-state index in [-0.39, 0.29) is 12.1 Å². The Morgan fingerprint density at radius 3 is 2.50 bits per heavy atom. The fourth-order valence-corrected chi connectivity index (χ4v) is 1.44. The van der Waals surface area contributed by atoms with Crippen LogP contribution in [-0.4, -0.2) is 23.1 Å². The number of carbonyl (C=O) groups excluding carboxylic acids is 1. The van der Waals surface area contributed by atoms with Crippen molar-refractivity contribution >= 4 is 17.7 Å². The van der Waals surface area contributed by atoms with Crippen LogP contribution in [0.1, 0.15) is 18.9 Å². The number of carboxylic acid groups (broad SMARTS) is 1. The number of anilines is 1. The summed E-state index contributed by atoms with van der Waals surface area (Å²) in [5.74, 6) is -1.22. The van der Waals surface area contributed by atoms with Crippen LogP contribution in [0.5, 0.6) is 0 Å². The number of hydrogen-bond acceptors (Lipinski definition) is 2. The number of rotatable bonds is 4. The highest BCUT2D eigenvalue weighted by atomic mass is 19.4. The van der Waals surface area contributed by atoms with Crippen LogP contribution in [0, 0.1) is 0 Å². The van der Waals surface area contributed by atoms with Crippen molar-refractivity contribution in [1.82, 2.24) is 5.32 Å². The molecule has 110 valence electrons. The summed E-state index contributed by atoms with van der Waals surface area (Å²) in [4.78, 5) is 22.2. The SMILES string of the molecule is CCC(NC(=O)Nc1cccc(C(F)(F)F)c1)C(=O)O. The Kier molecular flexibility index (Phi) is 4.95. The van der Waals surface area contributed by atoms with Gasteiger partial charge in [0, 0.05) is 5.69 Å². The molecule has 1 aromatic carbocycles. The molecule has 0 aliphatic carbocycles. The lowest BCUT2D eigenvalue weighted by atomic mass is 10.2. The van der Waals surface area contributed by atoms with E-state index < -0.39 is 29.8 Å². The van der Waals surface area contributed by atoms with Crippen LogP contribution in [0.4, 0.5) is 23.7 Å². The van der Waals surface area contributed by atoms with Crippen LogP contribution in [0.3, 0.4) is 0 Å². The fourth-order valence-electron chi connectivity index (χ4n) is 1.44. The van der Waals surface area contributed by atoms with Crippen molar-refractivity contribution in [3.8, 4) is 0 Å². The van der Waals surface area contributed by atoms with Crippen molar-refractivity contribution in [1.29, 1.82) is 0 Å². The molecule has 1 atom stereocenters. The van der Waals surface area contributed by atoms with Gasteiger partial charge in [-0.2, -0.15) is 13.2 Å². The van der Waals surface area contributed by atoms with Crippen molar-refractivity contribution in [2.75, 3.05) is 5.32 Å². The van der Waals surface area contributed by atoms with Crippen molar-refractivity contribution in [3.05, 3.63) is 29.8 Å². The van der Waals surface area contributed by atoms with Gasteiger partial charge in [0.1, 0.15) is 6.04 Å². The highest BCUT2D eigenvalue weighted by molar-refractivity contribution is 5.92. The number of urea groups is 1. The first-order valence-corrected chi connectivity index (χ1v) is 5.71. The third-order valence-electron chi connectivity index (χ3n) is 2.46. The number of carboxylic acids is 1. The normalized spacial score (nSPS) is 12.6. The molecule has 5 nitrogen and oxygen atoms in total. The fraction of sp³-hybridized carbons (Fsp3) is 0.333. The molecule has 1 aromatic rings. The Hall–Kier alpha value is -2.25. The van der Waals surface area contributed by atoms with Gasteiger partial charge in [-0.05, 0) is 24.6 Å². The maximum atomic E-state index is 12.5. The minimum absolute atomic E-state index is 0.0717. The van der Waals surface area contributed by atoms with Crippen LogP contribution < -0.4 is 10.6 Å². The van der Waals surface area contributed by atoms with E-state index >= 15 is 0 Å². The minimum atomic E-state index is -4.51. The third kappa shape index (κ3) is 4.45. The predicted octanol–water partition coefficient (Wildman–Crippen LogP) is 2.69. The first-order chi connectivity index (χ1) is 9.24. The molecule has 0 spiro atoms. The Morgan fingerprint density at radius 1 is 1.35 bits per heavy atom. The second-order valence-electron chi connectivity index (χ2n) is 3.98. The lowest BCUT2D eigenvalue weighted by Crippen LogP contribution is -2.42. The minimum Gasteiger partial charge on any atom is -0.480 e. The van der Waals surface area contributed by atoms with E-state index in [0.717, 1.165) is 18.2 Å². The molecule has 8 heteroatoms. The molecule has 0 radical (unpaired) electrons. The van der Waals surface area contributed by atoms with E-state index in [1.807, 2.05) is 0 Å². The summed E-state index contributed by atoms with van der Waals surface area (Å²) < 4.78 is 37.4. The van der Waals surface area contributed by atoms with Crippen LogP contribution in [0.15, 0.2) is 24.3 Å². The molecular formula is C12H13F3N2O3. The molecule has 0 aromatic heterocycles. The van der Waals surface area contributed by atoms with Crippen molar-refractivity contribution in [3.63, 3.8) is 0 Å². The molecule has 0 fully saturated rings. The maximum absolute atomic E-state index is 12.5. The Bertz CT molecular complexity index is 503. The van der Waals surface area contributed by atoms with Gasteiger partial charge in [-0.3, -0.25) is 0 Å². The van der Waals surface area contributed by atoms with Gasteiger partial charge in [-0.1, -0.05) is 13.0 Å². The monoisotopic (exact) mass is 290 g/mol. The molecule has 0 heterocycles. The van der Waals surface area contributed by atoms with Crippen molar-refractivity contribution < 1.29 is 27.9 Å². The largest absolute Gasteiger partial charge is 0.480 e. The Balaban J connectivity index is 2.74. The number of halogens is 3. The first-order valence-electron chi connectivity index (χ1n) is 5.71. The molecule has 3 N–H and O–H groups in total. The van der Waals surface area contributed by atoms with Gasteiger partial charge in [0.15, 0.2) is 0 Å². The van der Waals surface area contributed by atoms with Gasteiger partial charge < -0.3 is 15.7 Å². The second kappa shape index (κ2) is 6.27. The van der Waals surface area contributed by atoms with Gasteiger partial charge in [0.05, 0.1) is 5.56 Å². The molecule has 20 heavy (non-hydrogen) atoms. The number of aliphatic carboxylic acids is 1. The lowest BCUT2D eigenvalue weighted by Gasteiger charge is -2.14. The van der Waals surface area contributed by atoms with Crippen LogP contribution >= 0.6 is 0 Å². The topological polar surface area (TPSA) is 78.4 Å². The van der Waals surface area contributed by atoms with Gasteiger partial charge in [-0.15, -0.1) is 0 Å². The van der Waals surface area contributed by atoms with Gasteiger partial charge in [0.25, 0.3) is 0 Å². The van der Waals surface area contributed by atoms with Crippen LogP contribution in [-0.2, 0) is 11.0 Å². The van der Waals surface area contributed by atoms with E-state index in [0.29, 0.717) is 0 Å². The van der Waals surface area contributed by atoms with E-state index in [4.69, 9.17) is 5.11 Å². The molecule has 0 aliphatic rings. The Labute approximate surface area is 112 Å². The lowest BCUT2D eigenvalue weighted by molar-refractivity contribution is -0.139. The average Bonchev–Trinajstić information content (AvgIpc) is 2.34. The number of alkyl halides is 3. The summed E-state index contributed by atoms with van der Waals surface area (Å²) in [6, 6.07) is 2.08. The number of benzene rings is 1. The summed E-state index contributed by atoms with van der Waals surface area (Å²) in [5.41, 5.74) is -0.974. The summed E-state index contributed by atoms with van der Waals surface area (Å²) >= 11 is 0. The maximum Gasteiger partial charge on any atom is 0.416 e. The van der Waals surface area contributed by atoms with Gasteiger partial charge >= 0.3 is 18.2 Å². The predicted molar refractivity (Wildman–Crippen MR) is 65.3 cm³/mol. The molecule has 0 bridgehead atoms. The molecule has 0 aliphatic heterocycles. The standard InChI is InChI=1S/C12H13F3N2O3/c1-2-9(10(18)19)17-11(20)16-8-5-3-4-7(6-8)12(13,14)15/h3-6,9H,2H2,1H3,(H,18,19)(H2,16,17,20). The Morgan fingerprint density at radius 2 is 2.00 bits per heavy atom. The summed E-state index contributed by atoms with van der Waals surface area (Å²) in [6.07, 6.45) is -4.35. The highest BCUT2D eigenvalue weighted by Crippen LogP contribution is 2.30. The summed E-state index contributed by atoms with van der Waals surface area (Å²) in [6.45, 7) is 1.56. The zero-order valence-corrected chi connectivity index (χ0v) is 10.5. The first kappa shape index (κ1) is 15.8. The zero-order valence-electron chi connectivity index (χ0n) is 10.5. The number of amides is 2. The second-order valence-corrected chi connectivity index (χ2v) is 3.98. The molecule has 0 saturated heterocycles. The number of nitrogens with one attached hydrogen (secondary N) is 2. The van der Waals surface area contributed by atoms with E-state index in [1.54, 1.807) is 6.92 Å². The third-order valence-corrected chi connectivity index (χ3v) is 2.46. The molecule has 1 unspecified atom stereocenters.